The number of halogens is 1. The van der Waals surface area contributed by atoms with Crippen molar-refractivity contribution in [3.63, 3.8) is 0 Å². The quantitative estimate of drug-likeness (QED) is 0.907. The van der Waals surface area contributed by atoms with E-state index in [-0.39, 0.29) is 18.4 Å². The van der Waals surface area contributed by atoms with Gasteiger partial charge in [-0.2, -0.15) is 0 Å². The predicted molar refractivity (Wildman–Crippen MR) is 80.3 cm³/mol. The van der Waals surface area contributed by atoms with Crippen molar-refractivity contribution in [2.45, 2.75) is 25.8 Å². The molecule has 1 heterocycles. The van der Waals surface area contributed by atoms with E-state index in [1.807, 2.05) is 26.0 Å². The SMILES string of the molecule is CC(C)(CNC(=O)Cc1ccc(Cl)cc1)N1CCOC1=O. The number of hydrogen-bond acceptors (Lipinski definition) is 3. The van der Waals surface area contributed by atoms with Crippen LogP contribution in [0.3, 0.4) is 0 Å². The summed E-state index contributed by atoms with van der Waals surface area (Å²) in [6, 6.07) is 7.17. The van der Waals surface area contributed by atoms with Gasteiger partial charge in [0.2, 0.25) is 5.91 Å². The molecule has 0 aromatic heterocycles. The summed E-state index contributed by atoms with van der Waals surface area (Å²) in [5.41, 5.74) is 0.429. The molecule has 1 aromatic carbocycles. The lowest BCUT2D eigenvalue weighted by atomic mass is 10.0. The van der Waals surface area contributed by atoms with Gasteiger partial charge in [-0.05, 0) is 31.5 Å². The molecule has 5 nitrogen and oxygen atoms in total. The normalized spacial score (nSPS) is 15.0. The highest BCUT2D eigenvalue weighted by Crippen LogP contribution is 2.18. The fraction of sp³-hybridized carbons (Fsp3) is 0.467. The lowest BCUT2D eigenvalue weighted by Crippen LogP contribution is -2.52. The van der Waals surface area contributed by atoms with Gasteiger partial charge >= 0.3 is 6.09 Å². The molecule has 0 saturated carbocycles. The molecule has 1 fully saturated rings. The molecule has 114 valence electrons. The molecule has 1 N–H and O–H groups in total. The molecule has 2 rings (SSSR count). The molecule has 1 aromatic rings. The highest BCUT2D eigenvalue weighted by Gasteiger charge is 2.35. The van der Waals surface area contributed by atoms with Crippen LogP contribution in [0.1, 0.15) is 19.4 Å². The van der Waals surface area contributed by atoms with E-state index < -0.39 is 5.54 Å². The summed E-state index contributed by atoms with van der Waals surface area (Å²) in [5, 5.41) is 3.51. The van der Waals surface area contributed by atoms with Crippen molar-refractivity contribution in [2.75, 3.05) is 19.7 Å². The van der Waals surface area contributed by atoms with Gasteiger partial charge in [0.15, 0.2) is 0 Å². The van der Waals surface area contributed by atoms with Crippen LogP contribution in [-0.2, 0) is 16.0 Å². The number of nitrogens with zero attached hydrogens (tertiary/aromatic N) is 1. The number of ether oxygens (including phenoxy) is 1. The third-order valence-electron chi connectivity index (χ3n) is 3.49. The first kappa shape index (κ1) is 15.6. The Labute approximate surface area is 129 Å². The van der Waals surface area contributed by atoms with E-state index >= 15 is 0 Å². The van der Waals surface area contributed by atoms with Crippen molar-refractivity contribution >= 4 is 23.6 Å². The molecule has 0 unspecified atom stereocenters. The first-order chi connectivity index (χ1) is 9.88. The van der Waals surface area contributed by atoms with Gasteiger partial charge in [-0.1, -0.05) is 23.7 Å². The maximum Gasteiger partial charge on any atom is 0.410 e. The van der Waals surface area contributed by atoms with Crippen LogP contribution in [-0.4, -0.2) is 42.1 Å². The van der Waals surface area contributed by atoms with Crippen LogP contribution in [0, 0.1) is 0 Å². The first-order valence-corrected chi connectivity index (χ1v) is 7.22. The number of cyclic esters (lactones) is 1. The molecule has 1 aliphatic heterocycles. The minimum Gasteiger partial charge on any atom is -0.448 e. The number of nitrogens with one attached hydrogen (secondary N) is 1. The van der Waals surface area contributed by atoms with Crippen molar-refractivity contribution in [1.29, 1.82) is 0 Å². The topological polar surface area (TPSA) is 58.6 Å². The Morgan fingerprint density at radius 2 is 2.05 bits per heavy atom. The van der Waals surface area contributed by atoms with Crippen LogP contribution in [0.2, 0.25) is 5.02 Å². The summed E-state index contributed by atoms with van der Waals surface area (Å²) in [5.74, 6) is -0.0852. The van der Waals surface area contributed by atoms with E-state index in [1.54, 1.807) is 17.0 Å². The smallest absolute Gasteiger partial charge is 0.410 e. The summed E-state index contributed by atoms with van der Waals surface area (Å²) >= 11 is 5.81. The Bertz CT molecular complexity index is 528. The number of rotatable bonds is 5. The van der Waals surface area contributed by atoms with Crippen LogP contribution < -0.4 is 5.32 Å². The van der Waals surface area contributed by atoms with Crippen molar-refractivity contribution in [3.8, 4) is 0 Å². The monoisotopic (exact) mass is 310 g/mol. The second kappa shape index (κ2) is 6.35. The van der Waals surface area contributed by atoms with E-state index in [4.69, 9.17) is 16.3 Å². The summed E-state index contributed by atoms with van der Waals surface area (Å²) in [7, 11) is 0. The highest BCUT2D eigenvalue weighted by atomic mass is 35.5. The number of carbonyl (C=O) groups excluding carboxylic acids is 2. The second-order valence-corrected chi connectivity index (χ2v) is 6.09. The molecule has 0 aliphatic carbocycles. The maximum atomic E-state index is 12.0. The van der Waals surface area contributed by atoms with Crippen LogP contribution in [0.15, 0.2) is 24.3 Å². The van der Waals surface area contributed by atoms with Gasteiger partial charge in [0, 0.05) is 11.6 Å². The van der Waals surface area contributed by atoms with Gasteiger partial charge in [-0.25, -0.2) is 4.79 Å². The average Bonchev–Trinajstić information content (AvgIpc) is 2.86. The average molecular weight is 311 g/mol. The molecular formula is C15H19ClN2O3. The van der Waals surface area contributed by atoms with Gasteiger partial charge in [-0.15, -0.1) is 0 Å². The molecule has 1 aliphatic rings. The summed E-state index contributed by atoms with van der Waals surface area (Å²) in [6.07, 6.45) is -0.0375. The van der Waals surface area contributed by atoms with Crippen molar-refractivity contribution < 1.29 is 14.3 Å². The second-order valence-electron chi connectivity index (χ2n) is 5.66. The number of hydrogen-bond donors (Lipinski definition) is 1. The number of benzene rings is 1. The van der Waals surface area contributed by atoms with E-state index in [0.29, 0.717) is 24.7 Å². The Kier molecular flexibility index (Phi) is 4.73. The summed E-state index contributed by atoms with van der Waals surface area (Å²) in [6.45, 7) is 5.15. The van der Waals surface area contributed by atoms with E-state index in [1.165, 1.54) is 0 Å². The van der Waals surface area contributed by atoms with Crippen LogP contribution >= 0.6 is 11.6 Å². The Hall–Kier alpha value is -1.75. The largest absolute Gasteiger partial charge is 0.448 e. The molecule has 1 saturated heterocycles. The Morgan fingerprint density at radius 3 is 2.62 bits per heavy atom. The maximum absolute atomic E-state index is 12.0. The van der Waals surface area contributed by atoms with Crippen LogP contribution in [0.4, 0.5) is 4.79 Å². The summed E-state index contributed by atoms with van der Waals surface area (Å²) < 4.78 is 4.93. The zero-order valence-electron chi connectivity index (χ0n) is 12.2. The first-order valence-electron chi connectivity index (χ1n) is 6.84. The zero-order valence-corrected chi connectivity index (χ0v) is 12.9. The van der Waals surface area contributed by atoms with E-state index in [9.17, 15) is 9.59 Å². The third kappa shape index (κ3) is 4.11. The molecule has 6 heteroatoms. The van der Waals surface area contributed by atoms with Crippen LogP contribution in [0.25, 0.3) is 0 Å². The van der Waals surface area contributed by atoms with Gasteiger partial charge < -0.3 is 10.1 Å². The summed E-state index contributed by atoms with van der Waals surface area (Å²) in [4.78, 5) is 25.2. The standard InChI is InChI=1S/C15H19ClN2O3/c1-15(2,18-7-8-21-14(18)20)10-17-13(19)9-11-3-5-12(16)6-4-11/h3-6H,7-10H2,1-2H3,(H,17,19). The van der Waals surface area contributed by atoms with Gasteiger partial charge in [0.1, 0.15) is 6.61 Å². The third-order valence-corrected chi connectivity index (χ3v) is 3.74. The lowest BCUT2D eigenvalue weighted by Gasteiger charge is -2.33. The molecule has 0 bridgehead atoms. The lowest BCUT2D eigenvalue weighted by molar-refractivity contribution is -0.120. The molecule has 0 atom stereocenters. The molecular weight excluding hydrogens is 292 g/mol. The Balaban J connectivity index is 1.85. The van der Waals surface area contributed by atoms with Gasteiger partial charge in [-0.3, -0.25) is 9.69 Å². The highest BCUT2D eigenvalue weighted by molar-refractivity contribution is 6.30. The van der Waals surface area contributed by atoms with Gasteiger partial charge in [0.05, 0.1) is 18.5 Å². The minimum absolute atomic E-state index is 0.0852. The van der Waals surface area contributed by atoms with Crippen LogP contribution in [0.5, 0.6) is 0 Å². The van der Waals surface area contributed by atoms with Crippen molar-refractivity contribution in [1.82, 2.24) is 10.2 Å². The number of carbonyl (C=O) groups is 2. The molecule has 2 amide bonds. The van der Waals surface area contributed by atoms with Crippen molar-refractivity contribution in [2.24, 2.45) is 0 Å². The number of amides is 2. The molecule has 0 radical (unpaired) electrons. The minimum atomic E-state index is -0.469. The Morgan fingerprint density at radius 1 is 1.38 bits per heavy atom. The predicted octanol–water partition coefficient (Wildman–Crippen LogP) is 2.23. The fourth-order valence-corrected chi connectivity index (χ4v) is 2.33. The van der Waals surface area contributed by atoms with Gasteiger partial charge in [0.25, 0.3) is 0 Å². The molecule has 21 heavy (non-hydrogen) atoms. The molecule has 0 spiro atoms. The van der Waals surface area contributed by atoms with E-state index in [2.05, 4.69) is 5.32 Å². The zero-order chi connectivity index (χ0) is 15.5. The fourth-order valence-electron chi connectivity index (χ4n) is 2.20. The van der Waals surface area contributed by atoms with E-state index in [0.717, 1.165) is 5.56 Å². The van der Waals surface area contributed by atoms with Crippen molar-refractivity contribution in [3.05, 3.63) is 34.9 Å².